The van der Waals surface area contributed by atoms with Crippen molar-refractivity contribution in [2.24, 2.45) is 0 Å². The molecule has 6 rings (SSSR count). The van der Waals surface area contributed by atoms with Gasteiger partial charge < -0.3 is 15.5 Å². The first-order chi connectivity index (χ1) is 24.9. The second-order valence-corrected chi connectivity index (χ2v) is 16.1. The number of ketones is 1. The Bertz CT molecular complexity index is 1870. The monoisotopic (exact) mass is 763 g/mol. The van der Waals surface area contributed by atoms with Crippen molar-refractivity contribution in [3.8, 4) is 11.1 Å². The van der Waals surface area contributed by atoms with Gasteiger partial charge in [0, 0.05) is 40.5 Å². The number of aryl methyl sites for hydroxylation is 2. The molecule has 4 heterocycles. The van der Waals surface area contributed by atoms with Gasteiger partial charge in [0.2, 0.25) is 0 Å². The smallest absolute Gasteiger partial charge is 0.320 e. The number of anilines is 1. The number of nitrogens with zero attached hydrogens (tertiary/aromatic N) is 4. The zero-order valence-electron chi connectivity index (χ0n) is 29.4. The van der Waals surface area contributed by atoms with Crippen molar-refractivity contribution in [3.63, 3.8) is 0 Å². The summed E-state index contributed by atoms with van der Waals surface area (Å²) in [5, 5.41) is 23.5. The number of aliphatic carboxylic acids is 2. The molecule has 2 fully saturated rings. The molecule has 0 unspecified atom stereocenters. The SMILES string of the molecule is Cc1nc(C(=O)Cc2cccc(-c3cccc(NC(=O)c4nc(C)c(CN5CCCC[C@H]5C(=O)O)s4)c3C)c2Cl)sc1CN1CCCC[C@H]1C(=O)O. The lowest BCUT2D eigenvalue weighted by Crippen LogP contribution is -2.43. The molecule has 0 aliphatic carbocycles. The van der Waals surface area contributed by atoms with Gasteiger partial charge in [-0.05, 0) is 82.3 Å². The van der Waals surface area contributed by atoms with Crippen LogP contribution in [0.25, 0.3) is 11.1 Å². The fourth-order valence-corrected chi connectivity index (χ4v) is 9.37. The molecule has 52 heavy (non-hydrogen) atoms. The van der Waals surface area contributed by atoms with Crippen LogP contribution < -0.4 is 5.32 Å². The molecule has 2 aliphatic heterocycles. The molecule has 2 aliphatic rings. The number of nitrogens with one attached hydrogen (secondary N) is 1. The fourth-order valence-electron chi connectivity index (χ4n) is 7.07. The van der Waals surface area contributed by atoms with Gasteiger partial charge >= 0.3 is 11.9 Å². The molecule has 0 bridgehead atoms. The fraction of sp³-hybridized carbons (Fsp3) is 0.421. The lowest BCUT2D eigenvalue weighted by atomic mass is 9.96. The normalized spacial score (nSPS) is 18.3. The number of carbonyl (C=O) groups excluding carboxylic acids is 2. The van der Waals surface area contributed by atoms with Crippen LogP contribution in [0, 0.1) is 20.8 Å². The van der Waals surface area contributed by atoms with E-state index in [9.17, 15) is 29.4 Å². The number of benzene rings is 2. The Morgan fingerprint density at radius 2 is 1.33 bits per heavy atom. The van der Waals surface area contributed by atoms with Crippen molar-refractivity contribution in [2.45, 2.75) is 90.9 Å². The molecule has 11 nitrogen and oxygen atoms in total. The summed E-state index contributed by atoms with van der Waals surface area (Å²) in [6, 6.07) is 10.1. The van der Waals surface area contributed by atoms with Crippen LogP contribution in [0.4, 0.5) is 5.69 Å². The number of piperidine rings is 2. The Morgan fingerprint density at radius 3 is 1.92 bits per heavy atom. The minimum atomic E-state index is -0.821. The Balaban J connectivity index is 1.15. The van der Waals surface area contributed by atoms with Gasteiger partial charge in [-0.1, -0.05) is 54.8 Å². The first-order valence-electron chi connectivity index (χ1n) is 17.5. The zero-order valence-corrected chi connectivity index (χ0v) is 31.8. The lowest BCUT2D eigenvalue weighted by Gasteiger charge is -2.32. The molecular formula is C38H42ClN5O6S2. The van der Waals surface area contributed by atoms with E-state index in [1.807, 2.05) is 67.0 Å². The number of amides is 1. The number of thiazole rings is 2. The number of carboxylic acids is 2. The molecule has 1 amide bonds. The summed E-state index contributed by atoms with van der Waals surface area (Å²) >= 11 is 9.57. The van der Waals surface area contributed by atoms with Crippen LogP contribution in [0.3, 0.4) is 0 Å². The minimum absolute atomic E-state index is 0.0480. The summed E-state index contributed by atoms with van der Waals surface area (Å²) in [5.74, 6) is -2.16. The number of hydrogen-bond donors (Lipinski definition) is 3. The molecule has 274 valence electrons. The third kappa shape index (κ3) is 8.29. The predicted octanol–water partition coefficient (Wildman–Crippen LogP) is 7.40. The van der Waals surface area contributed by atoms with Crippen molar-refractivity contribution in [1.29, 1.82) is 0 Å². The summed E-state index contributed by atoms with van der Waals surface area (Å²) in [7, 11) is 0. The van der Waals surface area contributed by atoms with E-state index in [4.69, 9.17) is 11.6 Å². The van der Waals surface area contributed by atoms with Crippen molar-refractivity contribution < 1.29 is 29.4 Å². The van der Waals surface area contributed by atoms with Gasteiger partial charge in [-0.25, -0.2) is 9.97 Å². The van der Waals surface area contributed by atoms with Crippen molar-refractivity contribution in [1.82, 2.24) is 19.8 Å². The van der Waals surface area contributed by atoms with Gasteiger partial charge in [0.25, 0.3) is 5.91 Å². The molecule has 2 aromatic carbocycles. The molecule has 0 radical (unpaired) electrons. The van der Waals surface area contributed by atoms with Gasteiger partial charge in [0.05, 0.1) is 16.4 Å². The maximum atomic E-state index is 13.5. The lowest BCUT2D eigenvalue weighted by molar-refractivity contribution is -0.145. The summed E-state index contributed by atoms with van der Waals surface area (Å²) in [6.45, 7) is 7.88. The molecule has 4 aromatic rings. The number of carboxylic acid groups (broad SMARTS) is 2. The molecule has 2 saturated heterocycles. The minimum Gasteiger partial charge on any atom is -0.480 e. The van der Waals surface area contributed by atoms with E-state index < -0.39 is 24.0 Å². The zero-order chi connectivity index (χ0) is 37.1. The Kier molecular flexibility index (Phi) is 11.9. The Morgan fingerprint density at radius 1 is 0.788 bits per heavy atom. The van der Waals surface area contributed by atoms with E-state index in [1.54, 1.807) is 0 Å². The first kappa shape index (κ1) is 37.7. The van der Waals surface area contributed by atoms with E-state index in [2.05, 4.69) is 15.3 Å². The van der Waals surface area contributed by atoms with Crippen molar-refractivity contribution in [2.75, 3.05) is 18.4 Å². The standard InChI is InChI=1S/C38H42ClN5O6S2/c1-21-25(11-9-13-27(21)42-34(46)36-41-23(3)32(52-36)20-44-17-7-5-15-29(44)38(49)50)26-12-8-10-24(33(26)39)18-30(45)35-40-22(2)31(51-35)19-43-16-6-4-14-28(43)37(47)48/h8-13,28-29H,4-7,14-20H2,1-3H3,(H,42,46)(H,47,48)(H,49,50)/t28-,29-/m0/s1. The van der Waals surface area contributed by atoms with Gasteiger partial charge in [-0.3, -0.25) is 29.0 Å². The van der Waals surface area contributed by atoms with Crippen molar-refractivity contribution in [3.05, 3.63) is 83.7 Å². The Hall–Kier alpha value is -4.01. The van der Waals surface area contributed by atoms with Gasteiger partial charge in [-0.15, -0.1) is 22.7 Å². The quantitative estimate of drug-likeness (QED) is 0.124. The first-order valence-corrected chi connectivity index (χ1v) is 19.5. The average molecular weight is 764 g/mol. The number of hydrogen-bond acceptors (Lipinski definition) is 10. The predicted molar refractivity (Wildman–Crippen MR) is 203 cm³/mol. The number of likely N-dealkylation sites (tertiary alicyclic amines) is 2. The highest BCUT2D eigenvalue weighted by Crippen LogP contribution is 2.37. The van der Waals surface area contributed by atoms with Crippen LogP contribution in [0.1, 0.15) is 90.4 Å². The summed E-state index contributed by atoms with van der Waals surface area (Å²) in [4.78, 5) is 65.3. The highest BCUT2D eigenvalue weighted by Gasteiger charge is 2.31. The molecule has 0 spiro atoms. The van der Waals surface area contributed by atoms with Gasteiger partial charge in [0.1, 0.15) is 12.1 Å². The molecule has 2 atom stereocenters. The van der Waals surface area contributed by atoms with Crippen LogP contribution in [-0.2, 0) is 29.1 Å². The maximum absolute atomic E-state index is 13.5. The topological polar surface area (TPSA) is 153 Å². The van der Waals surface area contributed by atoms with Crippen LogP contribution in [0.5, 0.6) is 0 Å². The molecule has 2 aromatic heterocycles. The third-order valence-corrected chi connectivity index (χ3v) is 12.8. The molecule has 3 N–H and O–H groups in total. The Labute approximate surface area is 315 Å². The number of carbonyl (C=O) groups is 4. The number of aromatic nitrogens is 2. The highest BCUT2D eigenvalue weighted by molar-refractivity contribution is 7.14. The molecular weight excluding hydrogens is 722 g/mol. The number of Topliss-reactive ketones (excluding diaryl/α,β-unsaturated/α-hetero) is 1. The van der Waals surface area contributed by atoms with E-state index in [1.165, 1.54) is 22.7 Å². The van der Waals surface area contributed by atoms with Crippen LogP contribution >= 0.6 is 34.3 Å². The van der Waals surface area contributed by atoms with Crippen LogP contribution in [0.15, 0.2) is 36.4 Å². The largest absolute Gasteiger partial charge is 0.480 e. The second-order valence-electron chi connectivity index (χ2n) is 13.5. The van der Waals surface area contributed by atoms with Gasteiger partial charge in [-0.2, -0.15) is 0 Å². The number of rotatable bonds is 12. The van der Waals surface area contributed by atoms with Crippen LogP contribution in [0.2, 0.25) is 5.02 Å². The average Bonchev–Trinajstić information content (AvgIpc) is 3.68. The van der Waals surface area contributed by atoms with E-state index in [-0.39, 0.29) is 18.1 Å². The van der Waals surface area contributed by atoms with Crippen molar-refractivity contribution >= 4 is 63.6 Å². The second kappa shape index (κ2) is 16.3. The van der Waals surface area contributed by atoms with E-state index in [0.717, 1.165) is 57.8 Å². The number of halogens is 1. The van der Waals surface area contributed by atoms with Crippen LogP contribution in [-0.4, -0.2) is 78.8 Å². The molecule has 14 heteroatoms. The summed E-state index contributed by atoms with van der Waals surface area (Å²) < 4.78 is 0. The highest BCUT2D eigenvalue weighted by atomic mass is 35.5. The van der Waals surface area contributed by atoms with E-state index in [0.29, 0.717) is 71.0 Å². The third-order valence-electron chi connectivity index (χ3n) is 10.0. The van der Waals surface area contributed by atoms with Gasteiger partial charge in [0.15, 0.2) is 15.8 Å². The van der Waals surface area contributed by atoms with E-state index >= 15 is 0 Å². The summed E-state index contributed by atoms with van der Waals surface area (Å²) in [5.41, 5.74) is 5.02. The maximum Gasteiger partial charge on any atom is 0.320 e. The molecule has 0 saturated carbocycles. The summed E-state index contributed by atoms with van der Waals surface area (Å²) in [6.07, 6.45) is 4.95.